The molecule has 0 aliphatic heterocycles. The van der Waals surface area contributed by atoms with E-state index in [9.17, 15) is 4.79 Å². The lowest BCUT2D eigenvalue weighted by Gasteiger charge is -2.06. The molecule has 0 aromatic carbocycles. The van der Waals surface area contributed by atoms with Crippen molar-refractivity contribution in [1.29, 1.82) is 0 Å². The fourth-order valence-electron chi connectivity index (χ4n) is 1.56. The van der Waals surface area contributed by atoms with Crippen LogP contribution in [0.15, 0.2) is 12.3 Å². The topological polar surface area (TPSA) is 65.2 Å². The molecule has 18 heavy (non-hydrogen) atoms. The average Bonchev–Trinajstić information content (AvgIpc) is 2.36. The Hall–Kier alpha value is -1.29. The maximum atomic E-state index is 11.7. The lowest BCUT2D eigenvalue weighted by atomic mass is 10.2. The Morgan fingerprint density at radius 2 is 2.11 bits per heavy atom. The Bertz CT molecular complexity index is 397. The standard InChI is InChI=1S/C13H19ClN2O2/c1-2-3-4-5-6-7-18-13(17)11-8-10(15)9-16-12(11)14/h8-9H,2-7,15H2,1H3. The van der Waals surface area contributed by atoms with Gasteiger partial charge in [-0.25, -0.2) is 9.78 Å². The van der Waals surface area contributed by atoms with Gasteiger partial charge in [0, 0.05) is 0 Å². The highest BCUT2D eigenvalue weighted by Crippen LogP contribution is 2.16. The number of halogens is 1. The summed E-state index contributed by atoms with van der Waals surface area (Å²) < 4.78 is 5.13. The molecule has 4 nitrogen and oxygen atoms in total. The first kappa shape index (κ1) is 14.8. The van der Waals surface area contributed by atoms with E-state index in [1.54, 1.807) is 0 Å². The van der Waals surface area contributed by atoms with Gasteiger partial charge >= 0.3 is 5.97 Å². The van der Waals surface area contributed by atoms with Crippen LogP contribution in [0.3, 0.4) is 0 Å². The van der Waals surface area contributed by atoms with Gasteiger partial charge in [0.25, 0.3) is 0 Å². The first-order chi connectivity index (χ1) is 8.65. The van der Waals surface area contributed by atoms with E-state index in [0.717, 1.165) is 12.8 Å². The molecule has 0 saturated heterocycles. The Morgan fingerprint density at radius 3 is 2.83 bits per heavy atom. The van der Waals surface area contributed by atoms with Crippen LogP contribution in [-0.4, -0.2) is 17.6 Å². The largest absolute Gasteiger partial charge is 0.462 e. The molecule has 100 valence electrons. The summed E-state index contributed by atoms with van der Waals surface area (Å²) in [4.78, 5) is 15.5. The fourth-order valence-corrected chi connectivity index (χ4v) is 1.74. The number of rotatable bonds is 7. The molecule has 0 atom stereocenters. The number of carbonyl (C=O) groups is 1. The molecule has 0 unspecified atom stereocenters. The number of ether oxygens (including phenoxy) is 1. The zero-order valence-corrected chi connectivity index (χ0v) is 11.4. The number of unbranched alkanes of at least 4 members (excludes halogenated alkanes) is 4. The minimum Gasteiger partial charge on any atom is -0.462 e. The van der Waals surface area contributed by atoms with Gasteiger partial charge in [-0.1, -0.05) is 44.2 Å². The van der Waals surface area contributed by atoms with Gasteiger partial charge < -0.3 is 10.5 Å². The van der Waals surface area contributed by atoms with Crippen LogP contribution in [0, 0.1) is 0 Å². The van der Waals surface area contributed by atoms with E-state index in [4.69, 9.17) is 22.1 Å². The smallest absolute Gasteiger partial charge is 0.341 e. The molecule has 0 saturated carbocycles. The normalized spacial score (nSPS) is 10.3. The third-order valence-corrected chi connectivity index (χ3v) is 2.86. The summed E-state index contributed by atoms with van der Waals surface area (Å²) in [5.41, 5.74) is 6.17. The quantitative estimate of drug-likeness (QED) is 0.468. The number of carbonyl (C=O) groups excluding carboxylic acids is 1. The molecule has 0 radical (unpaired) electrons. The Morgan fingerprint density at radius 1 is 1.39 bits per heavy atom. The predicted molar refractivity (Wildman–Crippen MR) is 72.7 cm³/mol. The van der Waals surface area contributed by atoms with Crippen molar-refractivity contribution in [3.05, 3.63) is 23.0 Å². The van der Waals surface area contributed by atoms with Gasteiger partial charge in [-0.3, -0.25) is 0 Å². The van der Waals surface area contributed by atoms with E-state index in [-0.39, 0.29) is 10.7 Å². The number of aromatic nitrogens is 1. The molecule has 0 bridgehead atoms. The summed E-state index contributed by atoms with van der Waals surface area (Å²) in [6.07, 6.45) is 6.95. The number of nitrogens with two attached hydrogens (primary N) is 1. The number of hydrogen-bond acceptors (Lipinski definition) is 4. The van der Waals surface area contributed by atoms with E-state index in [1.165, 1.54) is 31.5 Å². The molecular weight excluding hydrogens is 252 g/mol. The molecule has 2 N–H and O–H groups in total. The summed E-state index contributed by atoms with van der Waals surface area (Å²) >= 11 is 5.80. The molecule has 5 heteroatoms. The first-order valence-corrected chi connectivity index (χ1v) is 6.61. The minimum absolute atomic E-state index is 0.125. The van der Waals surface area contributed by atoms with Crippen molar-refractivity contribution >= 4 is 23.3 Å². The van der Waals surface area contributed by atoms with Crippen LogP contribution in [-0.2, 0) is 4.74 Å². The lowest BCUT2D eigenvalue weighted by Crippen LogP contribution is -2.08. The molecular formula is C13H19ClN2O2. The molecule has 0 aliphatic rings. The zero-order valence-electron chi connectivity index (χ0n) is 10.6. The van der Waals surface area contributed by atoms with Gasteiger partial charge in [0.1, 0.15) is 5.15 Å². The third kappa shape index (κ3) is 4.92. The highest BCUT2D eigenvalue weighted by molar-refractivity contribution is 6.32. The van der Waals surface area contributed by atoms with Crippen molar-refractivity contribution in [2.75, 3.05) is 12.3 Å². The number of anilines is 1. The monoisotopic (exact) mass is 270 g/mol. The molecule has 0 spiro atoms. The number of nitrogen functional groups attached to an aromatic ring is 1. The highest BCUT2D eigenvalue weighted by atomic mass is 35.5. The van der Waals surface area contributed by atoms with Crippen molar-refractivity contribution in [2.24, 2.45) is 0 Å². The van der Waals surface area contributed by atoms with Crippen LogP contribution in [0.2, 0.25) is 5.15 Å². The number of esters is 1. The van der Waals surface area contributed by atoms with Crippen molar-refractivity contribution in [3.63, 3.8) is 0 Å². The van der Waals surface area contributed by atoms with Crippen LogP contribution >= 0.6 is 11.6 Å². The first-order valence-electron chi connectivity index (χ1n) is 6.23. The van der Waals surface area contributed by atoms with E-state index in [2.05, 4.69) is 11.9 Å². The van der Waals surface area contributed by atoms with Crippen molar-refractivity contribution < 1.29 is 9.53 Å². The van der Waals surface area contributed by atoms with Crippen LogP contribution in [0.4, 0.5) is 5.69 Å². The zero-order chi connectivity index (χ0) is 13.4. The molecule has 1 aromatic rings. The second-order valence-corrected chi connectivity index (χ2v) is 4.52. The Kier molecular flexibility index (Phi) is 6.50. The molecule has 1 heterocycles. The third-order valence-electron chi connectivity index (χ3n) is 2.56. The molecule has 0 aliphatic carbocycles. The van der Waals surface area contributed by atoms with E-state index in [1.807, 2.05) is 0 Å². The predicted octanol–water partition coefficient (Wildman–Crippen LogP) is 3.44. The summed E-state index contributed by atoms with van der Waals surface area (Å²) in [6, 6.07) is 1.48. The van der Waals surface area contributed by atoms with Gasteiger partial charge in [0.05, 0.1) is 24.1 Å². The molecule has 1 rings (SSSR count). The van der Waals surface area contributed by atoms with Crippen molar-refractivity contribution in [3.8, 4) is 0 Å². The number of hydrogen-bond donors (Lipinski definition) is 1. The summed E-state index contributed by atoms with van der Waals surface area (Å²) in [5.74, 6) is -0.463. The fraction of sp³-hybridized carbons (Fsp3) is 0.538. The minimum atomic E-state index is -0.463. The molecule has 0 amide bonds. The maximum absolute atomic E-state index is 11.7. The second kappa shape index (κ2) is 7.93. The summed E-state index contributed by atoms with van der Waals surface area (Å²) in [6.45, 7) is 2.57. The van der Waals surface area contributed by atoms with Gasteiger partial charge in [0.15, 0.2) is 0 Å². The van der Waals surface area contributed by atoms with Crippen LogP contribution in [0.25, 0.3) is 0 Å². The van der Waals surface area contributed by atoms with Gasteiger partial charge in [-0.15, -0.1) is 0 Å². The number of pyridine rings is 1. The van der Waals surface area contributed by atoms with Gasteiger partial charge in [-0.05, 0) is 12.5 Å². The summed E-state index contributed by atoms with van der Waals surface area (Å²) in [5, 5.41) is 0.125. The average molecular weight is 271 g/mol. The van der Waals surface area contributed by atoms with Crippen LogP contribution in [0.5, 0.6) is 0 Å². The highest BCUT2D eigenvalue weighted by Gasteiger charge is 2.13. The van der Waals surface area contributed by atoms with Gasteiger partial charge in [0.2, 0.25) is 0 Å². The van der Waals surface area contributed by atoms with Crippen molar-refractivity contribution in [2.45, 2.75) is 39.0 Å². The van der Waals surface area contributed by atoms with E-state index in [0.29, 0.717) is 12.3 Å². The van der Waals surface area contributed by atoms with Gasteiger partial charge in [-0.2, -0.15) is 0 Å². The molecule has 1 aromatic heterocycles. The number of nitrogens with zero attached hydrogens (tertiary/aromatic N) is 1. The lowest BCUT2D eigenvalue weighted by molar-refractivity contribution is 0.0497. The van der Waals surface area contributed by atoms with Crippen LogP contribution < -0.4 is 5.73 Å². The SMILES string of the molecule is CCCCCCCOC(=O)c1cc(N)cnc1Cl. The van der Waals surface area contributed by atoms with Crippen LogP contribution in [0.1, 0.15) is 49.4 Å². The second-order valence-electron chi connectivity index (χ2n) is 4.16. The Labute approximate surface area is 112 Å². The summed E-state index contributed by atoms with van der Waals surface area (Å²) in [7, 11) is 0. The Balaban J connectivity index is 2.34. The maximum Gasteiger partial charge on any atom is 0.341 e. The van der Waals surface area contributed by atoms with E-state index < -0.39 is 5.97 Å². The van der Waals surface area contributed by atoms with E-state index >= 15 is 0 Å². The molecule has 0 fully saturated rings. The van der Waals surface area contributed by atoms with Crippen molar-refractivity contribution in [1.82, 2.24) is 4.98 Å².